The lowest BCUT2D eigenvalue weighted by molar-refractivity contribution is -0.0915. The van der Waals surface area contributed by atoms with Crippen LogP contribution in [0.25, 0.3) is 0 Å². The van der Waals surface area contributed by atoms with E-state index >= 15 is 0 Å². The summed E-state index contributed by atoms with van der Waals surface area (Å²) in [7, 11) is 0. The second-order valence-electron chi connectivity index (χ2n) is 7.21. The molecule has 0 aromatic carbocycles. The first-order chi connectivity index (χ1) is 10.2. The van der Waals surface area contributed by atoms with Crippen molar-refractivity contribution in [3.63, 3.8) is 0 Å². The smallest absolute Gasteiger partial charge is 0.0564 e. The molecule has 7 heteroatoms. The van der Waals surface area contributed by atoms with Gasteiger partial charge in [0.1, 0.15) is 0 Å². The van der Waals surface area contributed by atoms with E-state index in [1.165, 1.54) is 0 Å². The molecule has 5 N–H and O–H groups in total. The Labute approximate surface area is 132 Å². The quantitative estimate of drug-likeness (QED) is 0.295. The normalized spacial score (nSPS) is 13.6. The molecule has 0 amide bonds. The Hall–Kier alpha value is -0.280. The Morgan fingerprint density at radius 3 is 0.955 bits per heavy atom. The summed E-state index contributed by atoms with van der Waals surface area (Å²) in [6.07, 6.45) is 0. The highest BCUT2D eigenvalue weighted by molar-refractivity contribution is 4.77. The van der Waals surface area contributed by atoms with Crippen LogP contribution in [0.2, 0.25) is 0 Å². The van der Waals surface area contributed by atoms with Gasteiger partial charge in [0, 0.05) is 16.2 Å². The zero-order chi connectivity index (χ0) is 17.3. The van der Waals surface area contributed by atoms with Gasteiger partial charge in [-0.25, -0.2) is 0 Å². The molecule has 0 atom stereocenters. The van der Waals surface area contributed by atoms with Crippen molar-refractivity contribution in [3.8, 4) is 0 Å². The van der Waals surface area contributed by atoms with Crippen molar-refractivity contribution in [1.82, 2.24) is 0 Å². The molecule has 134 valence electrons. The van der Waals surface area contributed by atoms with Gasteiger partial charge >= 0.3 is 0 Å². The number of ether oxygens (including phenoxy) is 2. The van der Waals surface area contributed by atoms with Gasteiger partial charge < -0.3 is 35.0 Å². The van der Waals surface area contributed by atoms with Gasteiger partial charge in [0.15, 0.2) is 0 Å². The molecule has 0 unspecified atom stereocenters. The molecule has 0 aliphatic carbocycles. The van der Waals surface area contributed by atoms with Gasteiger partial charge in [0.2, 0.25) is 0 Å². The maximum absolute atomic E-state index is 9.52. The van der Waals surface area contributed by atoms with Gasteiger partial charge in [0.05, 0.1) is 59.5 Å². The summed E-state index contributed by atoms with van der Waals surface area (Å²) in [5.41, 5.74) is -2.08. The Kier molecular flexibility index (Phi) is 9.64. The average Bonchev–Trinajstić information content (AvgIpc) is 2.54. The Bertz CT molecular complexity index is 264. The number of hydrogen-bond acceptors (Lipinski definition) is 7. The van der Waals surface area contributed by atoms with E-state index in [4.69, 9.17) is 9.47 Å². The molecule has 0 aromatic heterocycles. The summed E-state index contributed by atoms with van der Waals surface area (Å²) in [4.78, 5) is 0. The van der Waals surface area contributed by atoms with Crippen LogP contribution in [0.4, 0.5) is 0 Å². The first kappa shape index (κ1) is 21.7. The van der Waals surface area contributed by atoms with Crippen molar-refractivity contribution < 1.29 is 35.0 Å². The van der Waals surface area contributed by atoms with Gasteiger partial charge in [-0.1, -0.05) is 20.8 Å². The number of rotatable bonds is 13. The number of aliphatic hydroxyl groups excluding tert-OH is 5. The van der Waals surface area contributed by atoms with Crippen molar-refractivity contribution in [2.24, 2.45) is 16.2 Å². The minimum absolute atomic E-state index is 0.156. The fourth-order valence-corrected chi connectivity index (χ4v) is 1.50. The summed E-state index contributed by atoms with van der Waals surface area (Å²) in [5.74, 6) is 0. The standard InChI is InChI=1S/C15H32O7/c1-13(4-16,5-17)9-21-11-15(3,8-20)12-22-10-14(2,6-18)7-19/h16-20H,4-12H2,1-3H3. The van der Waals surface area contributed by atoms with Crippen LogP contribution in [-0.4, -0.2) is 85.0 Å². The minimum Gasteiger partial charge on any atom is -0.396 e. The molecule has 0 saturated carbocycles. The van der Waals surface area contributed by atoms with Gasteiger partial charge in [-0.05, 0) is 0 Å². The zero-order valence-corrected chi connectivity index (χ0v) is 13.9. The van der Waals surface area contributed by atoms with E-state index in [0.29, 0.717) is 0 Å². The van der Waals surface area contributed by atoms with Crippen LogP contribution in [0.1, 0.15) is 20.8 Å². The maximum atomic E-state index is 9.52. The topological polar surface area (TPSA) is 120 Å². The molecular formula is C15H32O7. The van der Waals surface area contributed by atoms with E-state index in [-0.39, 0.29) is 59.5 Å². The molecule has 0 spiro atoms. The van der Waals surface area contributed by atoms with Crippen LogP contribution in [0, 0.1) is 16.2 Å². The summed E-state index contributed by atoms with van der Waals surface area (Å²) in [6, 6.07) is 0. The molecule has 0 heterocycles. The Morgan fingerprint density at radius 2 is 0.727 bits per heavy atom. The van der Waals surface area contributed by atoms with E-state index in [0.717, 1.165) is 0 Å². The number of hydrogen-bond donors (Lipinski definition) is 5. The largest absolute Gasteiger partial charge is 0.396 e. The first-order valence-electron chi connectivity index (χ1n) is 7.42. The molecule has 0 fully saturated rings. The average molecular weight is 324 g/mol. The third kappa shape index (κ3) is 7.32. The molecule has 0 rings (SSSR count). The molecule has 0 aliphatic rings. The van der Waals surface area contributed by atoms with Crippen molar-refractivity contribution >= 4 is 0 Å². The Balaban J connectivity index is 4.30. The van der Waals surface area contributed by atoms with E-state index in [1.54, 1.807) is 20.8 Å². The zero-order valence-electron chi connectivity index (χ0n) is 13.9. The second kappa shape index (κ2) is 9.77. The van der Waals surface area contributed by atoms with Crippen LogP contribution < -0.4 is 0 Å². The molecule has 0 bridgehead atoms. The monoisotopic (exact) mass is 324 g/mol. The van der Waals surface area contributed by atoms with E-state index < -0.39 is 16.2 Å². The Morgan fingerprint density at radius 1 is 0.500 bits per heavy atom. The summed E-state index contributed by atoms with van der Waals surface area (Å²) in [6.45, 7) is 5.00. The second-order valence-corrected chi connectivity index (χ2v) is 7.21. The fourth-order valence-electron chi connectivity index (χ4n) is 1.50. The van der Waals surface area contributed by atoms with Crippen LogP contribution in [0.15, 0.2) is 0 Å². The predicted octanol–water partition coefficient (Wildman–Crippen LogP) is -1.000. The van der Waals surface area contributed by atoms with Crippen LogP contribution in [0.3, 0.4) is 0 Å². The summed E-state index contributed by atoms with van der Waals surface area (Å²) >= 11 is 0. The van der Waals surface area contributed by atoms with E-state index in [2.05, 4.69) is 0 Å². The minimum atomic E-state index is -0.719. The van der Waals surface area contributed by atoms with Gasteiger partial charge in [-0.3, -0.25) is 0 Å². The molecule has 0 radical (unpaired) electrons. The molecule has 0 saturated heterocycles. The van der Waals surface area contributed by atoms with Crippen molar-refractivity contribution in [2.75, 3.05) is 59.5 Å². The van der Waals surface area contributed by atoms with E-state index in [1.807, 2.05) is 0 Å². The summed E-state index contributed by atoms with van der Waals surface area (Å²) < 4.78 is 11.0. The third-order valence-electron chi connectivity index (χ3n) is 3.71. The van der Waals surface area contributed by atoms with Crippen LogP contribution in [0.5, 0.6) is 0 Å². The number of aliphatic hydroxyl groups is 5. The van der Waals surface area contributed by atoms with Crippen molar-refractivity contribution in [3.05, 3.63) is 0 Å². The molecule has 22 heavy (non-hydrogen) atoms. The SMILES string of the molecule is CC(CO)(CO)COCC(C)(CO)COCC(C)(CO)CO. The van der Waals surface area contributed by atoms with Crippen LogP contribution >= 0.6 is 0 Å². The highest BCUT2D eigenvalue weighted by atomic mass is 16.5. The van der Waals surface area contributed by atoms with Crippen molar-refractivity contribution in [2.45, 2.75) is 20.8 Å². The molecule has 0 aliphatic heterocycles. The summed E-state index contributed by atoms with van der Waals surface area (Å²) in [5, 5.41) is 46.3. The maximum Gasteiger partial charge on any atom is 0.0564 e. The van der Waals surface area contributed by atoms with Crippen molar-refractivity contribution in [1.29, 1.82) is 0 Å². The highest BCUT2D eigenvalue weighted by Gasteiger charge is 2.30. The predicted molar refractivity (Wildman–Crippen MR) is 81.4 cm³/mol. The molecule has 0 aromatic rings. The first-order valence-corrected chi connectivity index (χ1v) is 7.42. The van der Waals surface area contributed by atoms with Gasteiger partial charge in [0.25, 0.3) is 0 Å². The molecular weight excluding hydrogens is 292 g/mol. The van der Waals surface area contributed by atoms with E-state index in [9.17, 15) is 25.5 Å². The molecule has 7 nitrogen and oxygen atoms in total. The van der Waals surface area contributed by atoms with Crippen LogP contribution in [-0.2, 0) is 9.47 Å². The fraction of sp³-hybridized carbons (Fsp3) is 1.00. The lowest BCUT2D eigenvalue weighted by Gasteiger charge is -2.32. The lowest BCUT2D eigenvalue weighted by atomic mass is 9.92. The third-order valence-corrected chi connectivity index (χ3v) is 3.71. The van der Waals surface area contributed by atoms with Gasteiger partial charge in [-0.15, -0.1) is 0 Å². The van der Waals surface area contributed by atoms with Gasteiger partial charge in [-0.2, -0.15) is 0 Å². The lowest BCUT2D eigenvalue weighted by Crippen LogP contribution is -2.39. The highest BCUT2D eigenvalue weighted by Crippen LogP contribution is 2.22.